The van der Waals surface area contributed by atoms with Gasteiger partial charge in [0.1, 0.15) is 11.0 Å². The Bertz CT molecular complexity index is 974. The quantitative estimate of drug-likeness (QED) is 0.596. The van der Waals surface area contributed by atoms with Gasteiger partial charge in [0.05, 0.1) is 23.6 Å². The largest absolute Gasteiger partial charge is 0.490 e. The van der Waals surface area contributed by atoms with Crippen LogP contribution in [0.2, 0.25) is 5.15 Å². The molecule has 0 fully saturated rings. The number of rotatable bonds is 7. The van der Waals surface area contributed by atoms with Crippen molar-refractivity contribution in [3.05, 3.63) is 76.6 Å². The number of carbonyl (C=O) groups excluding carboxylic acids is 1. The van der Waals surface area contributed by atoms with Gasteiger partial charge in [0.15, 0.2) is 11.6 Å². The number of benzene rings is 2. The summed E-state index contributed by atoms with van der Waals surface area (Å²) in [5, 5.41) is 7.15. The highest BCUT2D eigenvalue weighted by molar-refractivity contribution is 6.33. The monoisotopic (exact) mass is 405 g/mol. The number of hydrogen-bond acceptors (Lipinski definition) is 3. The predicted octanol–water partition coefficient (Wildman–Crippen LogP) is 4.31. The Labute approximate surface area is 165 Å². The van der Waals surface area contributed by atoms with Gasteiger partial charge in [0.25, 0.3) is 5.91 Å². The molecule has 0 aliphatic heterocycles. The fourth-order valence-electron chi connectivity index (χ4n) is 2.62. The minimum Gasteiger partial charge on any atom is -0.490 e. The molecule has 0 aliphatic carbocycles. The molecule has 0 radical (unpaired) electrons. The fourth-order valence-corrected chi connectivity index (χ4v) is 2.97. The number of ether oxygens (including phenoxy) is 1. The van der Waals surface area contributed by atoms with E-state index in [2.05, 4.69) is 10.4 Å². The van der Waals surface area contributed by atoms with Crippen molar-refractivity contribution in [2.24, 2.45) is 0 Å². The van der Waals surface area contributed by atoms with Crippen LogP contribution in [0.15, 0.2) is 48.5 Å². The summed E-state index contributed by atoms with van der Waals surface area (Å²) < 4.78 is 33.3. The molecule has 5 nitrogen and oxygen atoms in total. The molecule has 8 heteroatoms. The molecule has 28 heavy (non-hydrogen) atoms. The van der Waals surface area contributed by atoms with E-state index in [1.54, 1.807) is 25.1 Å². The minimum atomic E-state index is -0.429. The van der Waals surface area contributed by atoms with Gasteiger partial charge in [-0.25, -0.2) is 13.5 Å². The van der Waals surface area contributed by atoms with Crippen LogP contribution in [0.25, 0.3) is 5.69 Å². The average Bonchev–Trinajstić information content (AvgIpc) is 2.97. The number of carbonyl (C=O) groups is 1. The van der Waals surface area contributed by atoms with Gasteiger partial charge in [-0.15, -0.1) is 0 Å². The Morgan fingerprint density at radius 2 is 1.89 bits per heavy atom. The third kappa shape index (κ3) is 4.48. The van der Waals surface area contributed by atoms with E-state index in [1.165, 1.54) is 35.0 Å². The van der Waals surface area contributed by atoms with E-state index >= 15 is 0 Å². The van der Waals surface area contributed by atoms with Crippen LogP contribution in [-0.4, -0.2) is 28.8 Å². The summed E-state index contributed by atoms with van der Waals surface area (Å²) in [5.41, 5.74) is 1.25. The van der Waals surface area contributed by atoms with Crippen LogP contribution in [0.3, 0.4) is 0 Å². The van der Waals surface area contributed by atoms with Gasteiger partial charge >= 0.3 is 0 Å². The Balaban J connectivity index is 1.57. The fraction of sp³-hybridized carbons (Fsp3) is 0.200. The van der Waals surface area contributed by atoms with Crippen molar-refractivity contribution in [1.82, 2.24) is 15.1 Å². The molecular weight excluding hydrogens is 388 g/mol. The molecule has 0 bridgehead atoms. The number of amides is 1. The predicted molar refractivity (Wildman–Crippen MR) is 102 cm³/mol. The second-order valence-corrected chi connectivity index (χ2v) is 6.39. The first-order valence-electron chi connectivity index (χ1n) is 8.64. The summed E-state index contributed by atoms with van der Waals surface area (Å²) in [6.45, 7) is 2.25. The lowest BCUT2D eigenvalue weighted by Crippen LogP contribution is -2.26. The van der Waals surface area contributed by atoms with Gasteiger partial charge < -0.3 is 10.1 Å². The molecule has 3 rings (SSSR count). The number of hydrogen-bond donors (Lipinski definition) is 1. The first-order chi connectivity index (χ1) is 13.5. The molecule has 0 spiro atoms. The number of halogens is 3. The second kappa shape index (κ2) is 8.84. The van der Waals surface area contributed by atoms with Crippen LogP contribution >= 0.6 is 11.6 Å². The van der Waals surface area contributed by atoms with Gasteiger partial charge in [-0.2, -0.15) is 5.10 Å². The summed E-state index contributed by atoms with van der Waals surface area (Å²) in [6.07, 6.45) is 0.489. The lowest BCUT2D eigenvalue weighted by Gasteiger charge is -2.08. The third-order valence-electron chi connectivity index (χ3n) is 4.00. The Morgan fingerprint density at radius 1 is 1.18 bits per heavy atom. The van der Waals surface area contributed by atoms with Crippen molar-refractivity contribution in [1.29, 1.82) is 0 Å². The summed E-state index contributed by atoms with van der Waals surface area (Å²) in [5.74, 6) is -1.00. The van der Waals surface area contributed by atoms with Crippen molar-refractivity contribution in [3.63, 3.8) is 0 Å². The average molecular weight is 406 g/mol. The molecule has 0 aliphatic rings. The third-order valence-corrected chi connectivity index (χ3v) is 4.35. The molecular formula is C20H18ClF2N3O2. The smallest absolute Gasteiger partial charge is 0.256 e. The first kappa shape index (κ1) is 19.8. The zero-order valence-corrected chi connectivity index (χ0v) is 15.8. The van der Waals surface area contributed by atoms with Crippen LogP contribution in [0.5, 0.6) is 5.75 Å². The highest BCUT2D eigenvalue weighted by Crippen LogP contribution is 2.23. The van der Waals surface area contributed by atoms with Crippen molar-refractivity contribution in [2.75, 3.05) is 13.2 Å². The number of aromatic nitrogens is 2. The van der Waals surface area contributed by atoms with Gasteiger partial charge in [0.2, 0.25) is 0 Å². The number of para-hydroxylation sites is 1. The first-order valence-corrected chi connectivity index (χ1v) is 9.01. The molecule has 0 saturated carbocycles. The second-order valence-electron chi connectivity index (χ2n) is 6.03. The van der Waals surface area contributed by atoms with Crippen LogP contribution in [0, 0.1) is 18.6 Å². The van der Waals surface area contributed by atoms with Crippen molar-refractivity contribution >= 4 is 17.5 Å². The Hall–Kier alpha value is -2.93. The van der Waals surface area contributed by atoms with Gasteiger partial charge in [-0.05, 0) is 49.7 Å². The molecule has 0 saturated heterocycles. The zero-order valence-electron chi connectivity index (χ0n) is 15.1. The molecule has 0 unspecified atom stereocenters. The van der Waals surface area contributed by atoms with E-state index in [4.69, 9.17) is 16.3 Å². The molecule has 1 N–H and O–H groups in total. The summed E-state index contributed by atoms with van der Waals surface area (Å²) in [7, 11) is 0. The molecule has 1 aromatic heterocycles. The summed E-state index contributed by atoms with van der Waals surface area (Å²) in [4.78, 5) is 12.5. The number of aryl methyl sites for hydroxylation is 1. The van der Waals surface area contributed by atoms with Crippen LogP contribution in [-0.2, 0) is 0 Å². The normalized spacial score (nSPS) is 10.7. The van der Waals surface area contributed by atoms with Gasteiger partial charge in [-0.1, -0.05) is 23.7 Å². The van der Waals surface area contributed by atoms with Crippen LogP contribution < -0.4 is 10.1 Å². The van der Waals surface area contributed by atoms with E-state index in [-0.39, 0.29) is 34.8 Å². The molecule has 1 amide bonds. The maximum Gasteiger partial charge on any atom is 0.256 e. The SMILES string of the molecule is Cc1nn(-c2ccc(F)cc2)c(Cl)c1C(=O)NCCCOc1ccccc1F. The van der Waals surface area contributed by atoms with E-state index in [1.807, 2.05) is 0 Å². The van der Waals surface area contributed by atoms with E-state index in [9.17, 15) is 13.6 Å². The van der Waals surface area contributed by atoms with Crippen molar-refractivity contribution in [2.45, 2.75) is 13.3 Å². The number of nitrogens with zero attached hydrogens (tertiary/aromatic N) is 2. The van der Waals surface area contributed by atoms with E-state index in [0.717, 1.165) is 0 Å². The van der Waals surface area contributed by atoms with Gasteiger partial charge in [0, 0.05) is 6.54 Å². The van der Waals surface area contributed by atoms with E-state index in [0.29, 0.717) is 24.3 Å². The maximum atomic E-state index is 13.5. The highest BCUT2D eigenvalue weighted by Gasteiger charge is 2.20. The lowest BCUT2D eigenvalue weighted by molar-refractivity contribution is 0.0951. The molecule has 0 atom stereocenters. The summed E-state index contributed by atoms with van der Waals surface area (Å²) in [6, 6.07) is 11.8. The standard InChI is InChI=1S/C20H18ClF2N3O2/c1-13-18(19(21)26(25-13)15-9-7-14(22)8-10-15)20(27)24-11-4-12-28-17-6-3-2-5-16(17)23/h2-3,5-10H,4,11-12H2,1H3,(H,24,27). The highest BCUT2D eigenvalue weighted by atomic mass is 35.5. The Morgan fingerprint density at radius 3 is 2.61 bits per heavy atom. The molecule has 2 aromatic carbocycles. The van der Waals surface area contributed by atoms with Crippen LogP contribution in [0.1, 0.15) is 22.5 Å². The van der Waals surface area contributed by atoms with Crippen molar-refractivity contribution < 1.29 is 18.3 Å². The molecule has 3 aromatic rings. The van der Waals surface area contributed by atoms with Crippen LogP contribution in [0.4, 0.5) is 8.78 Å². The minimum absolute atomic E-state index is 0.143. The summed E-state index contributed by atoms with van der Waals surface area (Å²) >= 11 is 6.32. The maximum absolute atomic E-state index is 13.5. The van der Waals surface area contributed by atoms with Crippen molar-refractivity contribution in [3.8, 4) is 11.4 Å². The van der Waals surface area contributed by atoms with E-state index < -0.39 is 5.82 Å². The lowest BCUT2D eigenvalue weighted by atomic mass is 10.2. The number of nitrogens with one attached hydrogen (secondary N) is 1. The molecule has 146 valence electrons. The topological polar surface area (TPSA) is 56.2 Å². The van der Waals surface area contributed by atoms with Gasteiger partial charge in [-0.3, -0.25) is 4.79 Å². The molecule has 1 heterocycles. The Kier molecular flexibility index (Phi) is 6.26. The zero-order chi connectivity index (χ0) is 20.1.